The van der Waals surface area contributed by atoms with Crippen LogP contribution in [0.1, 0.15) is 20.3 Å². The summed E-state index contributed by atoms with van der Waals surface area (Å²) in [5.41, 5.74) is 0. The second-order valence-corrected chi connectivity index (χ2v) is 6.99. The molecule has 0 N–H and O–H groups in total. The van der Waals surface area contributed by atoms with Crippen LogP contribution in [0.4, 0.5) is 0 Å². The Bertz CT molecular complexity index is 292. The lowest BCUT2D eigenvalue weighted by Gasteiger charge is -2.28. The summed E-state index contributed by atoms with van der Waals surface area (Å²) >= 11 is 0. The lowest BCUT2D eigenvalue weighted by atomic mass is 10.5. The number of aliphatic imine (C=N–C) groups is 1. The molecule has 0 fully saturated rings. The van der Waals surface area contributed by atoms with E-state index in [-0.39, 0.29) is 0 Å². The van der Waals surface area contributed by atoms with Crippen molar-refractivity contribution >= 4 is 14.6 Å². The van der Waals surface area contributed by atoms with Gasteiger partial charge in [0.2, 0.25) is 6.08 Å². The van der Waals surface area contributed by atoms with E-state index in [9.17, 15) is 4.79 Å². The molecule has 0 aromatic rings. The molecule has 16 heavy (non-hydrogen) atoms. The molecular weight excluding hydrogens is 222 g/mol. The molecule has 5 heteroatoms. The summed E-state index contributed by atoms with van der Waals surface area (Å²) < 4.78 is 11.3. The fraction of sp³-hybridized carbons (Fsp3) is 0.545. The molecule has 0 bridgehead atoms. The van der Waals surface area contributed by atoms with E-state index in [0.717, 1.165) is 12.5 Å². The van der Waals surface area contributed by atoms with Crippen LogP contribution in [0.15, 0.2) is 29.7 Å². The molecule has 0 rings (SSSR count). The van der Waals surface area contributed by atoms with E-state index in [1.165, 1.54) is 6.08 Å². The Balaban J connectivity index is 4.34. The molecule has 0 atom stereocenters. The van der Waals surface area contributed by atoms with Gasteiger partial charge in [0.1, 0.15) is 0 Å². The Labute approximate surface area is 97.9 Å². The highest BCUT2D eigenvalue weighted by molar-refractivity contribution is 6.66. The van der Waals surface area contributed by atoms with Gasteiger partial charge in [0.25, 0.3) is 0 Å². The van der Waals surface area contributed by atoms with Crippen LogP contribution in [-0.2, 0) is 13.6 Å². The van der Waals surface area contributed by atoms with Gasteiger partial charge in [-0.3, -0.25) is 0 Å². The molecule has 0 spiro atoms. The van der Waals surface area contributed by atoms with Crippen LogP contribution in [0.5, 0.6) is 0 Å². The maximum absolute atomic E-state index is 9.91. The number of carbonyl (C=O) groups excluding carboxylic acids is 1. The molecule has 90 valence electrons. The Morgan fingerprint density at radius 2 is 1.81 bits per heavy atom. The Morgan fingerprint density at radius 1 is 1.31 bits per heavy atom. The zero-order valence-electron chi connectivity index (χ0n) is 10.2. The molecule has 0 saturated carbocycles. The first-order chi connectivity index (χ1) is 7.39. The van der Waals surface area contributed by atoms with Gasteiger partial charge in [-0.25, -0.2) is 9.79 Å². The van der Waals surface area contributed by atoms with Gasteiger partial charge in [-0.1, -0.05) is 13.2 Å². The van der Waals surface area contributed by atoms with E-state index in [1.54, 1.807) is 13.8 Å². The smallest absolute Gasteiger partial charge is 0.456 e. The number of isocyanates is 1. The van der Waals surface area contributed by atoms with Crippen molar-refractivity contribution in [1.29, 1.82) is 0 Å². The average molecular weight is 241 g/mol. The molecule has 0 saturated heterocycles. The third-order valence-electron chi connectivity index (χ3n) is 1.75. The summed E-state index contributed by atoms with van der Waals surface area (Å²) in [6.45, 7) is 13.4. The Morgan fingerprint density at radius 3 is 2.19 bits per heavy atom. The van der Waals surface area contributed by atoms with E-state index in [2.05, 4.69) is 18.2 Å². The SMILES string of the molecule is C=C(C)O[Si](C)(CCCN=C=O)OC(=C)C. The van der Waals surface area contributed by atoms with Crippen molar-refractivity contribution in [3.8, 4) is 0 Å². The summed E-state index contributed by atoms with van der Waals surface area (Å²) in [5.74, 6) is 1.27. The molecule has 0 aliphatic carbocycles. The summed E-state index contributed by atoms with van der Waals surface area (Å²) in [4.78, 5) is 13.4. The third kappa shape index (κ3) is 7.03. The van der Waals surface area contributed by atoms with Gasteiger partial charge < -0.3 is 8.85 Å². The van der Waals surface area contributed by atoms with Gasteiger partial charge in [-0.2, -0.15) is 0 Å². The van der Waals surface area contributed by atoms with Gasteiger partial charge in [0.05, 0.1) is 18.1 Å². The summed E-state index contributed by atoms with van der Waals surface area (Å²) in [7, 11) is -2.31. The van der Waals surface area contributed by atoms with Gasteiger partial charge in [0, 0.05) is 12.6 Å². The van der Waals surface area contributed by atoms with E-state index in [4.69, 9.17) is 8.85 Å². The van der Waals surface area contributed by atoms with Gasteiger partial charge >= 0.3 is 8.56 Å². The van der Waals surface area contributed by atoms with Crippen molar-refractivity contribution in [3.63, 3.8) is 0 Å². The van der Waals surface area contributed by atoms with Crippen LogP contribution in [0.2, 0.25) is 12.6 Å². The second kappa shape index (κ2) is 7.03. The minimum atomic E-state index is -2.31. The minimum Gasteiger partial charge on any atom is -0.517 e. The highest BCUT2D eigenvalue weighted by Crippen LogP contribution is 2.21. The van der Waals surface area contributed by atoms with Gasteiger partial charge in [-0.05, 0) is 20.3 Å². The normalized spacial score (nSPS) is 10.2. The summed E-state index contributed by atoms with van der Waals surface area (Å²) in [6, 6.07) is 0.734. The van der Waals surface area contributed by atoms with E-state index < -0.39 is 8.56 Å². The van der Waals surface area contributed by atoms with Crippen molar-refractivity contribution in [2.45, 2.75) is 32.9 Å². The molecule has 0 amide bonds. The largest absolute Gasteiger partial charge is 0.517 e. The zero-order chi connectivity index (χ0) is 12.6. The highest BCUT2D eigenvalue weighted by atomic mass is 28.4. The van der Waals surface area contributed by atoms with E-state index in [1.807, 2.05) is 6.55 Å². The first kappa shape index (κ1) is 14.7. The molecule has 0 radical (unpaired) electrons. The van der Waals surface area contributed by atoms with Crippen LogP contribution in [0.3, 0.4) is 0 Å². The second-order valence-electron chi connectivity index (χ2n) is 3.82. The monoisotopic (exact) mass is 241 g/mol. The van der Waals surface area contributed by atoms with Crippen LogP contribution in [-0.4, -0.2) is 21.2 Å². The van der Waals surface area contributed by atoms with Crippen molar-refractivity contribution < 1.29 is 13.6 Å². The van der Waals surface area contributed by atoms with Crippen molar-refractivity contribution in [2.75, 3.05) is 6.54 Å². The number of nitrogens with zero attached hydrogens (tertiary/aromatic N) is 1. The maximum atomic E-state index is 9.91. The lowest BCUT2D eigenvalue weighted by molar-refractivity contribution is 0.268. The number of hydrogen-bond donors (Lipinski definition) is 0. The number of rotatable bonds is 8. The molecule has 0 unspecified atom stereocenters. The topological polar surface area (TPSA) is 47.9 Å². The maximum Gasteiger partial charge on any atom is 0.456 e. The fourth-order valence-electron chi connectivity index (χ4n) is 1.38. The highest BCUT2D eigenvalue weighted by Gasteiger charge is 2.34. The molecule has 0 heterocycles. The van der Waals surface area contributed by atoms with Crippen LogP contribution in [0.25, 0.3) is 0 Å². The molecule has 0 aliphatic rings. The zero-order valence-corrected chi connectivity index (χ0v) is 11.2. The molecule has 0 aromatic heterocycles. The van der Waals surface area contributed by atoms with Crippen molar-refractivity contribution in [2.24, 2.45) is 4.99 Å². The van der Waals surface area contributed by atoms with E-state index in [0.29, 0.717) is 18.1 Å². The van der Waals surface area contributed by atoms with E-state index >= 15 is 0 Å². The lowest BCUT2D eigenvalue weighted by Crippen LogP contribution is -2.37. The third-order valence-corrected chi connectivity index (χ3v) is 4.57. The van der Waals surface area contributed by atoms with Gasteiger partial charge in [0.15, 0.2) is 0 Å². The average Bonchev–Trinajstić information content (AvgIpc) is 2.09. The predicted molar refractivity (Wildman–Crippen MR) is 65.8 cm³/mol. The first-order valence-electron chi connectivity index (χ1n) is 5.12. The minimum absolute atomic E-state index is 0.450. The Hall–Kier alpha value is -1.32. The molecule has 4 nitrogen and oxygen atoms in total. The first-order valence-corrected chi connectivity index (χ1v) is 7.64. The predicted octanol–water partition coefficient (Wildman–Crippen LogP) is 2.88. The van der Waals surface area contributed by atoms with Gasteiger partial charge in [-0.15, -0.1) is 0 Å². The van der Waals surface area contributed by atoms with Crippen molar-refractivity contribution in [1.82, 2.24) is 0 Å². The number of hydrogen-bond acceptors (Lipinski definition) is 4. The quantitative estimate of drug-likeness (QED) is 0.216. The van der Waals surface area contributed by atoms with Crippen LogP contribution < -0.4 is 0 Å². The summed E-state index contributed by atoms with van der Waals surface area (Å²) in [6.07, 6.45) is 2.24. The molecular formula is C11H19NO3Si. The Kier molecular flexibility index (Phi) is 6.45. The fourth-order valence-corrected chi connectivity index (χ4v) is 3.91. The number of allylic oxidation sites excluding steroid dienone is 2. The summed E-state index contributed by atoms with van der Waals surface area (Å²) in [5, 5.41) is 0. The standard InChI is InChI=1S/C11H19NO3Si/c1-10(2)14-16(5,15-11(3)4)8-6-7-12-9-13/h1,3,6-8H2,2,4-5H3. The van der Waals surface area contributed by atoms with Crippen molar-refractivity contribution in [3.05, 3.63) is 24.7 Å². The van der Waals surface area contributed by atoms with Crippen LogP contribution in [0, 0.1) is 0 Å². The molecule has 0 aromatic carbocycles. The molecule has 0 aliphatic heterocycles. The van der Waals surface area contributed by atoms with Crippen LogP contribution >= 0.6 is 0 Å².